The van der Waals surface area contributed by atoms with Crippen molar-refractivity contribution in [2.45, 2.75) is 0 Å². The van der Waals surface area contributed by atoms with Crippen LogP contribution >= 0.6 is 11.3 Å². The van der Waals surface area contributed by atoms with E-state index in [9.17, 15) is 0 Å². The summed E-state index contributed by atoms with van der Waals surface area (Å²) in [5, 5.41) is 10.0. The highest BCUT2D eigenvalue weighted by Crippen LogP contribution is 2.49. The van der Waals surface area contributed by atoms with Gasteiger partial charge in [0.15, 0.2) is 0 Å². The van der Waals surface area contributed by atoms with Crippen molar-refractivity contribution in [2.75, 3.05) is 0 Å². The van der Waals surface area contributed by atoms with Crippen molar-refractivity contribution in [1.82, 2.24) is 14.5 Å². The molecule has 0 amide bonds. The summed E-state index contributed by atoms with van der Waals surface area (Å²) in [5.74, 6) is 0.670. The van der Waals surface area contributed by atoms with Crippen molar-refractivity contribution in [3.8, 4) is 28.5 Å². The topological polar surface area (TPSA) is 30.7 Å². The second-order valence-corrected chi connectivity index (χ2v) is 12.8. The Balaban J connectivity index is 1.44. The quantitative estimate of drug-likeness (QED) is 0.201. The van der Waals surface area contributed by atoms with E-state index in [4.69, 9.17) is 9.97 Å². The number of nitrogens with zero attached hydrogens (tertiary/aromatic N) is 3. The molecule has 0 aliphatic rings. The molecule has 214 valence electrons. The molecule has 3 aromatic heterocycles. The van der Waals surface area contributed by atoms with E-state index in [1.807, 2.05) is 23.5 Å². The molecule has 46 heavy (non-hydrogen) atoms. The van der Waals surface area contributed by atoms with Crippen LogP contribution in [0.5, 0.6) is 0 Å². The molecule has 3 nitrogen and oxygen atoms in total. The third-order valence-corrected chi connectivity index (χ3v) is 10.5. The maximum absolute atomic E-state index is 5.33. The molecule has 10 aromatic rings. The molecular weight excluding hydrogens is 579 g/mol. The first-order chi connectivity index (χ1) is 22.8. The van der Waals surface area contributed by atoms with E-state index in [0.29, 0.717) is 5.95 Å². The lowest BCUT2D eigenvalue weighted by molar-refractivity contribution is 0.998. The van der Waals surface area contributed by atoms with Gasteiger partial charge in [-0.1, -0.05) is 140 Å². The number of rotatable bonds is 3. The molecule has 0 saturated carbocycles. The third-order valence-electron chi connectivity index (χ3n) is 9.19. The Hall–Kier alpha value is -5.84. The van der Waals surface area contributed by atoms with E-state index in [1.54, 1.807) is 0 Å². The lowest BCUT2D eigenvalue weighted by Gasteiger charge is -2.13. The molecule has 0 radical (unpaired) electrons. The molecule has 0 unspecified atom stereocenters. The number of fused-ring (bicyclic) bond motifs is 12. The van der Waals surface area contributed by atoms with Crippen LogP contribution < -0.4 is 0 Å². The lowest BCUT2D eigenvalue weighted by Crippen LogP contribution is -2.04. The van der Waals surface area contributed by atoms with Crippen LogP contribution in [0.2, 0.25) is 0 Å². The van der Waals surface area contributed by atoms with E-state index >= 15 is 0 Å². The van der Waals surface area contributed by atoms with Gasteiger partial charge in [0, 0.05) is 47.5 Å². The summed E-state index contributed by atoms with van der Waals surface area (Å²) >= 11 is 1.90. The summed E-state index contributed by atoms with van der Waals surface area (Å²) in [5.41, 5.74) is 6.17. The molecule has 0 aliphatic heterocycles. The fourth-order valence-electron chi connectivity index (χ4n) is 7.15. The molecule has 0 saturated heterocycles. The van der Waals surface area contributed by atoms with Crippen LogP contribution in [-0.4, -0.2) is 14.5 Å². The minimum absolute atomic E-state index is 0.670. The van der Waals surface area contributed by atoms with E-state index < -0.39 is 0 Å². The zero-order valence-corrected chi connectivity index (χ0v) is 25.5. The highest BCUT2D eigenvalue weighted by Gasteiger charge is 2.24. The van der Waals surface area contributed by atoms with Crippen LogP contribution in [0, 0.1) is 0 Å². The number of para-hydroxylation sites is 1. The maximum Gasteiger partial charge on any atom is 0.235 e. The minimum Gasteiger partial charge on any atom is -0.277 e. The van der Waals surface area contributed by atoms with Crippen LogP contribution in [0.3, 0.4) is 0 Å². The predicted octanol–water partition coefficient (Wildman–Crippen LogP) is 11.6. The summed E-state index contributed by atoms with van der Waals surface area (Å²) in [6.07, 6.45) is 0. The van der Waals surface area contributed by atoms with Crippen molar-refractivity contribution in [3.63, 3.8) is 0 Å². The molecule has 0 spiro atoms. The van der Waals surface area contributed by atoms with Gasteiger partial charge in [0.2, 0.25) is 5.95 Å². The average Bonchev–Trinajstić information content (AvgIpc) is 3.69. The Bertz CT molecular complexity index is 2740. The average molecular weight is 604 g/mol. The summed E-state index contributed by atoms with van der Waals surface area (Å²) < 4.78 is 4.92. The first kappa shape index (κ1) is 25.5. The Morgan fingerprint density at radius 1 is 0.435 bits per heavy atom. The van der Waals surface area contributed by atoms with Gasteiger partial charge in [0.05, 0.1) is 22.4 Å². The molecule has 0 atom stereocenters. The van der Waals surface area contributed by atoms with E-state index in [2.05, 4.69) is 144 Å². The van der Waals surface area contributed by atoms with Gasteiger partial charge >= 0.3 is 0 Å². The molecule has 7 aromatic carbocycles. The highest BCUT2D eigenvalue weighted by molar-refractivity contribution is 7.27. The normalized spacial score (nSPS) is 11.9. The van der Waals surface area contributed by atoms with Gasteiger partial charge < -0.3 is 0 Å². The largest absolute Gasteiger partial charge is 0.277 e. The van der Waals surface area contributed by atoms with Crippen LogP contribution in [-0.2, 0) is 0 Å². The van der Waals surface area contributed by atoms with Gasteiger partial charge in [0.25, 0.3) is 0 Å². The SMILES string of the molecule is c1ccc(-c2cc(-c3ccccc3)nc(-n3c4ccccc4c4c5ccccc5c5sc6c7ccccc7ccc6c5c43)n2)cc1. The molecular formula is C42H25N3S. The van der Waals surface area contributed by atoms with Gasteiger partial charge in [-0.25, -0.2) is 9.97 Å². The number of aromatic nitrogens is 3. The zero-order chi connectivity index (χ0) is 30.2. The Morgan fingerprint density at radius 2 is 1.02 bits per heavy atom. The van der Waals surface area contributed by atoms with Gasteiger partial charge in [-0.3, -0.25) is 4.57 Å². The van der Waals surface area contributed by atoms with Crippen molar-refractivity contribution < 1.29 is 0 Å². The second kappa shape index (κ2) is 9.83. The van der Waals surface area contributed by atoms with Crippen LogP contribution in [0.1, 0.15) is 0 Å². The van der Waals surface area contributed by atoms with Crippen LogP contribution in [0.15, 0.2) is 152 Å². The molecule has 4 heteroatoms. The Labute approximate surface area is 268 Å². The van der Waals surface area contributed by atoms with Crippen molar-refractivity contribution >= 4 is 74.9 Å². The minimum atomic E-state index is 0.670. The van der Waals surface area contributed by atoms with E-state index in [-0.39, 0.29) is 0 Å². The fraction of sp³-hybridized carbons (Fsp3) is 0. The molecule has 0 bridgehead atoms. The summed E-state index contributed by atoms with van der Waals surface area (Å²) in [4.78, 5) is 10.7. The Morgan fingerprint density at radius 3 is 1.74 bits per heavy atom. The highest BCUT2D eigenvalue weighted by atomic mass is 32.1. The predicted molar refractivity (Wildman–Crippen MR) is 195 cm³/mol. The lowest BCUT2D eigenvalue weighted by atomic mass is 9.99. The first-order valence-electron chi connectivity index (χ1n) is 15.5. The summed E-state index contributed by atoms with van der Waals surface area (Å²) in [6, 6.07) is 53.8. The van der Waals surface area contributed by atoms with Crippen molar-refractivity contribution in [2.24, 2.45) is 0 Å². The van der Waals surface area contributed by atoms with Gasteiger partial charge in [-0.05, 0) is 28.3 Å². The number of hydrogen-bond acceptors (Lipinski definition) is 3. The van der Waals surface area contributed by atoms with Crippen LogP contribution in [0.25, 0.3) is 92.0 Å². The summed E-state index contributed by atoms with van der Waals surface area (Å²) in [7, 11) is 0. The first-order valence-corrected chi connectivity index (χ1v) is 16.3. The van der Waals surface area contributed by atoms with Crippen molar-refractivity contribution in [3.05, 3.63) is 152 Å². The Kier molecular flexibility index (Phi) is 5.45. The zero-order valence-electron chi connectivity index (χ0n) is 24.7. The fourth-order valence-corrected chi connectivity index (χ4v) is 8.53. The number of hydrogen-bond donors (Lipinski definition) is 0. The monoisotopic (exact) mass is 603 g/mol. The van der Waals surface area contributed by atoms with Crippen LogP contribution in [0.4, 0.5) is 0 Å². The molecule has 0 N–H and O–H groups in total. The molecule has 3 heterocycles. The third kappa shape index (κ3) is 3.65. The van der Waals surface area contributed by atoms with Crippen molar-refractivity contribution in [1.29, 1.82) is 0 Å². The van der Waals surface area contributed by atoms with E-state index in [0.717, 1.165) is 33.5 Å². The number of thiophene rings is 1. The molecule has 10 rings (SSSR count). The van der Waals surface area contributed by atoms with Gasteiger partial charge in [-0.2, -0.15) is 0 Å². The molecule has 0 aliphatic carbocycles. The standard InChI is InChI=1S/C42H25N3S/c1-3-14-27(15-4-1)34-25-35(28-16-5-2-6-17-28)44-42(43-34)45-36-22-12-11-21-32(36)37-30-19-9-10-20-31(30)41-38(39(37)45)33-24-23-26-13-7-8-18-29(26)40(33)46-41/h1-25H. The van der Waals surface area contributed by atoms with Gasteiger partial charge in [-0.15, -0.1) is 11.3 Å². The molecule has 0 fully saturated rings. The maximum atomic E-state index is 5.33. The number of benzene rings is 7. The smallest absolute Gasteiger partial charge is 0.235 e. The summed E-state index contributed by atoms with van der Waals surface area (Å²) in [6.45, 7) is 0. The van der Waals surface area contributed by atoms with Gasteiger partial charge in [0.1, 0.15) is 0 Å². The second-order valence-electron chi connectivity index (χ2n) is 11.8. The van der Waals surface area contributed by atoms with E-state index in [1.165, 1.54) is 52.5 Å².